The number of ether oxygens (including phenoxy) is 1. The molecule has 3 N–H and O–H groups in total. The molecule has 0 radical (unpaired) electrons. The summed E-state index contributed by atoms with van der Waals surface area (Å²) in [4.78, 5) is 21.0. The van der Waals surface area contributed by atoms with Crippen LogP contribution in [0.15, 0.2) is 36.8 Å². The second-order valence-electron chi connectivity index (χ2n) is 6.03. The van der Waals surface area contributed by atoms with Gasteiger partial charge in [0.2, 0.25) is 11.8 Å². The van der Waals surface area contributed by atoms with Gasteiger partial charge in [0, 0.05) is 12.4 Å². The van der Waals surface area contributed by atoms with Crippen molar-refractivity contribution in [3.63, 3.8) is 0 Å². The second kappa shape index (κ2) is 9.08. The number of anilines is 3. The monoisotopic (exact) mass is 436 g/mol. The van der Waals surface area contributed by atoms with Crippen molar-refractivity contribution in [2.45, 2.75) is 13.0 Å². The van der Waals surface area contributed by atoms with Crippen molar-refractivity contribution in [3.8, 4) is 5.88 Å². The Bertz CT molecular complexity index is 1010. The van der Waals surface area contributed by atoms with Gasteiger partial charge < -0.3 is 20.5 Å². The van der Waals surface area contributed by atoms with E-state index in [1.54, 1.807) is 35.3 Å². The first kappa shape index (κ1) is 20.8. The van der Waals surface area contributed by atoms with Crippen LogP contribution >= 0.6 is 23.2 Å². The van der Waals surface area contributed by atoms with E-state index in [0.29, 0.717) is 15.7 Å². The summed E-state index contributed by atoms with van der Waals surface area (Å²) in [5, 5.41) is 19.6. The smallest absolute Gasteiger partial charge is 0.262 e. The highest BCUT2D eigenvalue weighted by Gasteiger charge is 2.18. The molecule has 1 atom stereocenters. The molecule has 0 aliphatic heterocycles. The van der Waals surface area contributed by atoms with Gasteiger partial charge in [0.15, 0.2) is 0 Å². The standard InChI is InChI=1S/C18H18Cl2N6O3/c1-10(9-27)26-8-11(6-22-26)23-18-21-7-12(17(25-18)29-2)16(28)24-15-13(19)4-3-5-14(15)20/h3-8,10,27H,9H2,1-2H3,(H,24,28)(H,21,23,25)/t10-/m1/s1. The number of benzene rings is 1. The lowest BCUT2D eigenvalue weighted by Crippen LogP contribution is -2.15. The summed E-state index contributed by atoms with van der Waals surface area (Å²) in [5.74, 6) is -0.238. The summed E-state index contributed by atoms with van der Waals surface area (Å²) < 4.78 is 6.84. The van der Waals surface area contributed by atoms with Gasteiger partial charge in [-0.05, 0) is 19.1 Å². The Balaban J connectivity index is 1.79. The number of rotatable bonds is 7. The van der Waals surface area contributed by atoms with Crippen LogP contribution in [0.25, 0.3) is 0 Å². The van der Waals surface area contributed by atoms with Crippen LogP contribution in [0, 0.1) is 0 Å². The molecular formula is C18H18Cl2N6O3. The number of aliphatic hydroxyl groups excluding tert-OH is 1. The van der Waals surface area contributed by atoms with Gasteiger partial charge in [-0.2, -0.15) is 10.1 Å². The van der Waals surface area contributed by atoms with E-state index in [1.165, 1.54) is 13.3 Å². The van der Waals surface area contributed by atoms with Crippen LogP contribution in [-0.4, -0.2) is 44.5 Å². The number of carbonyl (C=O) groups is 1. The molecule has 3 rings (SSSR count). The minimum Gasteiger partial charge on any atom is -0.480 e. The van der Waals surface area contributed by atoms with E-state index in [4.69, 9.17) is 27.9 Å². The van der Waals surface area contributed by atoms with Crippen LogP contribution in [0.2, 0.25) is 10.0 Å². The largest absolute Gasteiger partial charge is 0.480 e. The molecule has 9 nitrogen and oxygen atoms in total. The predicted octanol–water partition coefficient (Wildman–Crippen LogP) is 3.54. The molecule has 0 aliphatic carbocycles. The fourth-order valence-corrected chi connectivity index (χ4v) is 2.88. The average molecular weight is 437 g/mol. The zero-order valence-corrected chi connectivity index (χ0v) is 17.1. The van der Waals surface area contributed by atoms with Gasteiger partial charge in [0.25, 0.3) is 5.91 Å². The first-order valence-corrected chi connectivity index (χ1v) is 9.27. The first-order chi connectivity index (χ1) is 13.9. The number of hydrogen-bond acceptors (Lipinski definition) is 7. The normalized spacial score (nSPS) is 11.8. The maximum absolute atomic E-state index is 12.6. The molecule has 0 spiro atoms. The Labute approximate surface area is 176 Å². The van der Waals surface area contributed by atoms with Gasteiger partial charge in [0.1, 0.15) is 5.56 Å². The van der Waals surface area contributed by atoms with Crippen molar-refractivity contribution in [1.29, 1.82) is 0 Å². The number of hydrogen-bond donors (Lipinski definition) is 3. The molecule has 29 heavy (non-hydrogen) atoms. The summed E-state index contributed by atoms with van der Waals surface area (Å²) >= 11 is 12.2. The number of aromatic nitrogens is 4. The Hall–Kier alpha value is -2.88. The van der Waals surface area contributed by atoms with E-state index in [0.717, 1.165) is 0 Å². The van der Waals surface area contributed by atoms with E-state index in [-0.39, 0.29) is 35.7 Å². The van der Waals surface area contributed by atoms with Crippen LogP contribution < -0.4 is 15.4 Å². The Kier molecular flexibility index (Phi) is 6.53. The topological polar surface area (TPSA) is 114 Å². The van der Waals surface area contributed by atoms with Crippen LogP contribution in [0.4, 0.5) is 17.3 Å². The molecule has 0 aliphatic rings. The Morgan fingerprint density at radius 3 is 2.69 bits per heavy atom. The van der Waals surface area contributed by atoms with E-state index in [2.05, 4.69) is 25.7 Å². The van der Waals surface area contributed by atoms with Crippen molar-refractivity contribution in [2.75, 3.05) is 24.4 Å². The third-order valence-corrected chi connectivity index (χ3v) is 4.60. The van der Waals surface area contributed by atoms with Gasteiger partial charge in [-0.1, -0.05) is 29.3 Å². The quantitative estimate of drug-likeness (QED) is 0.518. The molecule has 0 saturated carbocycles. The Morgan fingerprint density at radius 2 is 2.03 bits per heavy atom. The van der Waals surface area contributed by atoms with Crippen molar-refractivity contribution >= 4 is 46.4 Å². The molecule has 2 aromatic heterocycles. The SMILES string of the molecule is COc1nc(Nc2cnn([C@H](C)CO)c2)ncc1C(=O)Nc1c(Cl)cccc1Cl. The zero-order chi connectivity index (χ0) is 21.0. The number of methoxy groups -OCH3 is 1. The number of para-hydroxylation sites is 1. The lowest BCUT2D eigenvalue weighted by Gasteiger charge is -2.12. The van der Waals surface area contributed by atoms with Gasteiger partial charge in [-0.3, -0.25) is 9.48 Å². The maximum Gasteiger partial charge on any atom is 0.262 e. The molecule has 0 unspecified atom stereocenters. The van der Waals surface area contributed by atoms with Crippen molar-refractivity contribution in [1.82, 2.24) is 19.7 Å². The molecule has 11 heteroatoms. The van der Waals surface area contributed by atoms with E-state index in [1.807, 2.05) is 6.92 Å². The number of amides is 1. The van der Waals surface area contributed by atoms with Gasteiger partial charge in [0.05, 0.1) is 47.4 Å². The molecule has 152 valence electrons. The molecule has 0 fully saturated rings. The lowest BCUT2D eigenvalue weighted by atomic mass is 10.2. The Morgan fingerprint density at radius 1 is 1.31 bits per heavy atom. The number of carbonyl (C=O) groups excluding carboxylic acids is 1. The summed E-state index contributed by atoms with van der Waals surface area (Å²) in [6.45, 7) is 1.79. The molecule has 0 bridgehead atoms. The predicted molar refractivity (Wildman–Crippen MR) is 110 cm³/mol. The first-order valence-electron chi connectivity index (χ1n) is 8.51. The molecular weight excluding hydrogens is 419 g/mol. The van der Waals surface area contributed by atoms with Crippen LogP contribution in [-0.2, 0) is 0 Å². The fraction of sp³-hybridized carbons (Fsp3) is 0.222. The molecule has 0 saturated heterocycles. The van der Waals surface area contributed by atoms with Crippen LogP contribution in [0.3, 0.4) is 0 Å². The summed E-state index contributed by atoms with van der Waals surface area (Å²) in [5.41, 5.74) is 1.02. The minimum atomic E-state index is -0.520. The zero-order valence-electron chi connectivity index (χ0n) is 15.6. The third kappa shape index (κ3) is 4.76. The van der Waals surface area contributed by atoms with E-state index >= 15 is 0 Å². The number of nitrogens with one attached hydrogen (secondary N) is 2. The van der Waals surface area contributed by atoms with Crippen LogP contribution in [0.1, 0.15) is 23.3 Å². The maximum atomic E-state index is 12.6. The van der Waals surface area contributed by atoms with Gasteiger partial charge >= 0.3 is 0 Å². The van der Waals surface area contributed by atoms with E-state index < -0.39 is 5.91 Å². The lowest BCUT2D eigenvalue weighted by molar-refractivity contribution is 0.102. The highest BCUT2D eigenvalue weighted by molar-refractivity contribution is 6.40. The molecule has 1 amide bonds. The molecule has 3 aromatic rings. The van der Waals surface area contributed by atoms with Gasteiger partial charge in [-0.25, -0.2) is 4.98 Å². The molecule has 2 heterocycles. The summed E-state index contributed by atoms with van der Waals surface area (Å²) in [6, 6.07) is 4.74. The number of aliphatic hydroxyl groups is 1. The van der Waals surface area contributed by atoms with E-state index in [9.17, 15) is 9.90 Å². The van der Waals surface area contributed by atoms with Gasteiger partial charge in [-0.15, -0.1) is 0 Å². The summed E-state index contributed by atoms with van der Waals surface area (Å²) in [6.07, 6.45) is 4.60. The second-order valence-corrected chi connectivity index (χ2v) is 6.85. The van der Waals surface area contributed by atoms with Crippen molar-refractivity contribution < 1.29 is 14.6 Å². The fourth-order valence-electron chi connectivity index (χ4n) is 2.39. The van der Waals surface area contributed by atoms with Crippen molar-refractivity contribution in [3.05, 3.63) is 52.4 Å². The highest BCUT2D eigenvalue weighted by Crippen LogP contribution is 2.31. The third-order valence-electron chi connectivity index (χ3n) is 3.97. The summed E-state index contributed by atoms with van der Waals surface area (Å²) in [7, 11) is 1.40. The van der Waals surface area contributed by atoms with Crippen molar-refractivity contribution in [2.24, 2.45) is 0 Å². The highest BCUT2D eigenvalue weighted by atomic mass is 35.5. The number of nitrogens with zero attached hydrogens (tertiary/aromatic N) is 4. The average Bonchev–Trinajstić information content (AvgIpc) is 3.18. The minimum absolute atomic E-state index is 0.0370. The number of halogens is 2. The molecule has 1 aromatic carbocycles. The van der Waals surface area contributed by atoms with Crippen LogP contribution in [0.5, 0.6) is 5.88 Å².